The van der Waals surface area contributed by atoms with Crippen molar-refractivity contribution in [1.29, 1.82) is 0 Å². The molecule has 1 aromatic carbocycles. The van der Waals surface area contributed by atoms with E-state index in [1.165, 1.54) is 23.1 Å². The van der Waals surface area contributed by atoms with Crippen LogP contribution in [0.2, 0.25) is 0 Å². The molecule has 1 aliphatic rings. The highest BCUT2D eigenvalue weighted by atomic mass is 16.5. The third kappa shape index (κ3) is 1.95. The van der Waals surface area contributed by atoms with Crippen LogP contribution in [0.3, 0.4) is 0 Å². The standard InChI is InChI=1S/C15H18N2O/c1-10-5-3-6-12(11(10)2)14-9-15(18-17-14)13-7-4-8-16-13/h3,5-6,9,13,16H,4,7-8H2,1-2H3/t13-/m0/s1. The molecule has 3 heteroatoms. The number of aryl methyl sites for hydroxylation is 1. The van der Waals surface area contributed by atoms with E-state index in [2.05, 4.69) is 48.6 Å². The summed E-state index contributed by atoms with van der Waals surface area (Å²) in [6.45, 7) is 5.33. The first-order valence-corrected chi connectivity index (χ1v) is 6.52. The average molecular weight is 242 g/mol. The van der Waals surface area contributed by atoms with E-state index in [4.69, 9.17) is 4.52 Å². The van der Waals surface area contributed by atoms with E-state index >= 15 is 0 Å². The molecule has 1 fully saturated rings. The molecule has 0 radical (unpaired) electrons. The molecule has 0 amide bonds. The topological polar surface area (TPSA) is 38.1 Å². The molecule has 0 saturated carbocycles. The first-order chi connectivity index (χ1) is 8.75. The summed E-state index contributed by atoms with van der Waals surface area (Å²) in [5, 5.41) is 7.65. The third-order valence-corrected chi connectivity index (χ3v) is 3.81. The van der Waals surface area contributed by atoms with E-state index in [9.17, 15) is 0 Å². The van der Waals surface area contributed by atoms with Crippen molar-refractivity contribution >= 4 is 0 Å². The zero-order valence-corrected chi connectivity index (χ0v) is 10.9. The second kappa shape index (κ2) is 4.58. The number of rotatable bonds is 2. The Morgan fingerprint density at radius 2 is 2.22 bits per heavy atom. The van der Waals surface area contributed by atoms with E-state index < -0.39 is 0 Å². The largest absolute Gasteiger partial charge is 0.359 e. The number of aromatic nitrogens is 1. The molecule has 0 aliphatic carbocycles. The molecule has 0 spiro atoms. The van der Waals surface area contributed by atoms with Crippen LogP contribution < -0.4 is 5.32 Å². The van der Waals surface area contributed by atoms with Crippen molar-refractivity contribution in [3.63, 3.8) is 0 Å². The van der Waals surface area contributed by atoms with Crippen molar-refractivity contribution in [1.82, 2.24) is 10.5 Å². The predicted molar refractivity (Wildman–Crippen MR) is 71.4 cm³/mol. The Balaban J connectivity index is 1.95. The zero-order chi connectivity index (χ0) is 12.5. The molecule has 18 heavy (non-hydrogen) atoms. The van der Waals surface area contributed by atoms with Gasteiger partial charge in [-0.25, -0.2) is 0 Å². The summed E-state index contributed by atoms with van der Waals surface area (Å²) < 4.78 is 5.49. The monoisotopic (exact) mass is 242 g/mol. The second-order valence-electron chi connectivity index (χ2n) is 5.01. The lowest BCUT2D eigenvalue weighted by atomic mass is 10.0. The molecular formula is C15H18N2O. The summed E-state index contributed by atoms with van der Waals surface area (Å²) in [6, 6.07) is 8.71. The quantitative estimate of drug-likeness (QED) is 0.877. The lowest BCUT2D eigenvalue weighted by Crippen LogP contribution is -2.11. The molecule has 1 saturated heterocycles. The Bertz CT molecular complexity index is 553. The number of nitrogens with zero attached hydrogens (tertiary/aromatic N) is 1. The Morgan fingerprint density at radius 1 is 1.33 bits per heavy atom. The number of hydrogen-bond acceptors (Lipinski definition) is 3. The second-order valence-corrected chi connectivity index (χ2v) is 5.01. The van der Waals surface area contributed by atoms with Gasteiger partial charge >= 0.3 is 0 Å². The Labute approximate surface area is 107 Å². The fourth-order valence-corrected chi connectivity index (χ4v) is 2.54. The molecular weight excluding hydrogens is 224 g/mol. The van der Waals surface area contributed by atoms with Crippen LogP contribution in [0.25, 0.3) is 11.3 Å². The van der Waals surface area contributed by atoms with Gasteiger partial charge in [-0.15, -0.1) is 0 Å². The highest BCUT2D eigenvalue weighted by Crippen LogP contribution is 2.29. The van der Waals surface area contributed by atoms with Crippen LogP contribution in [0.1, 0.15) is 35.8 Å². The summed E-state index contributed by atoms with van der Waals surface area (Å²) in [5.74, 6) is 0.961. The minimum absolute atomic E-state index is 0.344. The summed E-state index contributed by atoms with van der Waals surface area (Å²) >= 11 is 0. The Kier molecular flexibility index (Phi) is 2.92. The fraction of sp³-hybridized carbons (Fsp3) is 0.400. The highest BCUT2D eigenvalue weighted by Gasteiger charge is 2.21. The van der Waals surface area contributed by atoms with Gasteiger partial charge < -0.3 is 9.84 Å². The summed E-state index contributed by atoms with van der Waals surface area (Å²) in [6.07, 6.45) is 2.35. The lowest BCUT2D eigenvalue weighted by molar-refractivity contribution is 0.353. The summed E-state index contributed by atoms with van der Waals surface area (Å²) in [5.41, 5.74) is 4.68. The Hall–Kier alpha value is -1.61. The molecule has 3 nitrogen and oxygen atoms in total. The van der Waals surface area contributed by atoms with Crippen LogP contribution in [-0.4, -0.2) is 11.7 Å². The Morgan fingerprint density at radius 3 is 3.00 bits per heavy atom. The predicted octanol–water partition coefficient (Wildman–Crippen LogP) is 3.38. The fourth-order valence-electron chi connectivity index (χ4n) is 2.54. The first-order valence-electron chi connectivity index (χ1n) is 6.52. The summed E-state index contributed by atoms with van der Waals surface area (Å²) in [7, 11) is 0. The van der Waals surface area contributed by atoms with Gasteiger partial charge in [0.25, 0.3) is 0 Å². The van der Waals surface area contributed by atoms with Gasteiger partial charge in [-0.3, -0.25) is 0 Å². The molecule has 2 heterocycles. The minimum atomic E-state index is 0.344. The van der Waals surface area contributed by atoms with Crippen molar-refractivity contribution in [2.24, 2.45) is 0 Å². The third-order valence-electron chi connectivity index (χ3n) is 3.81. The van der Waals surface area contributed by atoms with Gasteiger partial charge in [0.05, 0.1) is 6.04 Å². The maximum atomic E-state index is 5.49. The van der Waals surface area contributed by atoms with Gasteiger partial charge in [-0.2, -0.15) is 0 Å². The summed E-state index contributed by atoms with van der Waals surface area (Å²) in [4.78, 5) is 0. The van der Waals surface area contributed by atoms with Crippen LogP contribution in [0, 0.1) is 13.8 Å². The molecule has 1 aromatic heterocycles. The molecule has 1 N–H and O–H groups in total. The molecule has 3 rings (SSSR count). The van der Waals surface area contributed by atoms with Gasteiger partial charge in [-0.05, 0) is 44.4 Å². The molecule has 0 unspecified atom stereocenters. The van der Waals surface area contributed by atoms with Crippen molar-refractivity contribution < 1.29 is 4.52 Å². The van der Waals surface area contributed by atoms with Crippen molar-refractivity contribution in [3.05, 3.63) is 41.2 Å². The van der Waals surface area contributed by atoms with Gasteiger partial charge in [0.1, 0.15) is 5.69 Å². The van der Waals surface area contributed by atoms with E-state index in [0.29, 0.717) is 6.04 Å². The number of hydrogen-bond donors (Lipinski definition) is 1. The normalized spacial score (nSPS) is 19.3. The average Bonchev–Trinajstić information content (AvgIpc) is 3.01. The van der Waals surface area contributed by atoms with Crippen molar-refractivity contribution in [3.8, 4) is 11.3 Å². The van der Waals surface area contributed by atoms with Crippen molar-refractivity contribution in [2.45, 2.75) is 32.7 Å². The molecule has 1 aliphatic heterocycles. The first kappa shape index (κ1) is 11.5. The van der Waals surface area contributed by atoms with Gasteiger partial charge in [0.2, 0.25) is 0 Å². The van der Waals surface area contributed by atoms with Crippen LogP contribution in [0.5, 0.6) is 0 Å². The molecule has 0 bridgehead atoms. The van der Waals surface area contributed by atoms with E-state index in [1.54, 1.807) is 0 Å². The van der Waals surface area contributed by atoms with Gasteiger partial charge in [0, 0.05) is 11.6 Å². The van der Waals surface area contributed by atoms with Crippen LogP contribution in [-0.2, 0) is 0 Å². The highest BCUT2D eigenvalue weighted by molar-refractivity contribution is 5.64. The number of nitrogens with one attached hydrogen (secondary N) is 1. The minimum Gasteiger partial charge on any atom is -0.359 e. The SMILES string of the molecule is Cc1cccc(-c2cc([C@@H]3CCCN3)on2)c1C. The smallest absolute Gasteiger partial charge is 0.154 e. The molecule has 2 aromatic rings. The number of benzene rings is 1. The lowest BCUT2D eigenvalue weighted by Gasteiger charge is -2.05. The van der Waals surface area contributed by atoms with Crippen LogP contribution in [0.15, 0.2) is 28.8 Å². The van der Waals surface area contributed by atoms with Crippen LogP contribution in [0.4, 0.5) is 0 Å². The molecule has 94 valence electrons. The van der Waals surface area contributed by atoms with Crippen LogP contribution >= 0.6 is 0 Å². The maximum Gasteiger partial charge on any atom is 0.154 e. The maximum absolute atomic E-state index is 5.49. The van der Waals surface area contributed by atoms with Crippen molar-refractivity contribution in [2.75, 3.05) is 6.54 Å². The van der Waals surface area contributed by atoms with Gasteiger partial charge in [-0.1, -0.05) is 23.4 Å². The van der Waals surface area contributed by atoms with E-state index in [1.807, 2.05) is 0 Å². The van der Waals surface area contributed by atoms with E-state index in [0.717, 1.165) is 24.4 Å². The van der Waals surface area contributed by atoms with E-state index in [-0.39, 0.29) is 0 Å². The molecule has 1 atom stereocenters. The zero-order valence-electron chi connectivity index (χ0n) is 10.9. The van der Waals surface area contributed by atoms with Gasteiger partial charge in [0.15, 0.2) is 5.76 Å².